The second kappa shape index (κ2) is 6.92. The van der Waals surface area contributed by atoms with E-state index in [0.29, 0.717) is 22.5 Å². The number of phenols is 1. The van der Waals surface area contributed by atoms with Crippen LogP contribution in [0.4, 0.5) is 10.5 Å². The molecule has 0 spiro atoms. The summed E-state index contributed by atoms with van der Waals surface area (Å²) in [5, 5.41) is 15.9. The van der Waals surface area contributed by atoms with Crippen LogP contribution in [-0.4, -0.2) is 29.0 Å². The van der Waals surface area contributed by atoms with Crippen LogP contribution in [0.5, 0.6) is 5.75 Å². The van der Waals surface area contributed by atoms with Gasteiger partial charge in [0.05, 0.1) is 11.6 Å². The van der Waals surface area contributed by atoms with Gasteiger partial charge in [0.15, 0.2) is 0 Å². The van der Waals surface area contributed by atoms with Gasteiger partial charge in [-0.3, -0.25) is 4.79 Å². The van der Waals surface area contributed by atoms with E-state index in [9.17, 15) is 14.7 Å². The summed E-state index contributed by atoms with van der Waals surface area (Å²) in [7, 11) is 1.60. The van der Waals surface area contributed by atoms with Gasteiger partial charge in [0.2, 0.25) is 0 Å². The molecule has 0 bridgehead atoms. The van der Waals surface area contributed by atoms with Gasteiger partial charge < -0.3 is 20.6 Å². The number of aryl methyl sites for hydroxylation is 1. The molecule has 0 fully saturated rings. The maximum absolute atomic E-state index is 13.0. The van der Waals surface area contributed by atoms with E-state index < -0.39 is 6.04 Å². The van der Waals surface area contributed by atoms with Crippen molar-refractivity contribution in [3.8, 4) is 5.75 Å². The smallest absolute Gasteiger partial charge is 0.322 e. The van der Waals surface area contributed by atoms with Crippen molar-refractivity contribution < 1.29 is 14.7 Å². The third-order valence-electron chi connectivity index (χ3n) is 4.52. The first-order valence-electron chi connectivity index (χ1n) is 8.29. The van der Waals surface area contributed by atoms with Crippen molar-refractivity contribution in [2.45, 2.75) is 19.9 Å². The Morgan fingerprint density at radius 2 is 1.88 bits per heavy atom. The summed E-state index contributed by atoms with van der Waals surface area (Å²) >= 11 is 0. The number of carbonyl (C=O) groups excluding carboxylic acids is 2. The highest BCUT2D eigenvalue weighted by Gasteiger charge is 2.35. The molecule has 1 unspecified atom stereocenters. The van der Waals surface area contributed by atoms with Gasteiger partial charge in [0.25, 0.3) is 5.91 Å². The lowest BCUT2D eigenvalue weighted by Gasteiger charge is -2.33. The van der Waals surface area contributed by atoms with Crippen LogP contribution in [0.3, 0.4) is 0 Å². The lowest BCUT2D eigenvalue weighted by molar-refractivity contribution is -0.113. The molecule has 0 aliphatic carbocycles. The molecule has 26 heavy (non-hydrogen) atoms. The van der Waals surface area contributed by atoms with Crippen LogP contribution in [0, 0.1) is 6.92 Å². The summed E-state index contributed by atoms with van der Waals surface area (Å²) in [5.74, 6) is -0.302. The normalized spacial score (nSPS) is 17.1. The van der Waals surface area contributed by atoms with Gasteiger partial charge in [0, 0.05) is 24.0 Å². The number of carbonyl (C=O) groups is 2. The second-order valence-corrected chi connectivity index (χ2v) is 6.32. The summed E-state index contributed by atoms with van der Waals surface area (Å²) in [6.45, 7) is 3.66. The van der Waals surface area contributed by atoms with Crippen LogP contribution >= 0.6 is 0 Å². The number of phenolic OH excluding ortho intramolecular Hbond substituents is 1. The third kappa shape index (κ3) is 3.26. The monoisotopic (exact) mass is 351 g/mol. The van der Waals surface area contributed by atoms with Crippen LogP contribution in [0.25, 0.3) is 0 Å². The zero-order valence-corrected chi connectivity index (χ0v) is 14.9. The number of amides is 3. The molecule has 0 saturated heterocycles. The number of anilines is 1. The number of rotatable bonds is 3. The molecule has 1 heterocycles. The second-order valence-electron chi connectivity index (χ2n) is 6.32. The van der Waals surface area contributed by atoms with E-state index in [1.54, 1.807) is 38.2 Å². The largest absolute Gasteiger partial charge is 0.508 e. The van der Waals surface area contributed by atoms with Gasteiger partial charge in [-0.2, -0.15) is 0 Å². The fourth-order valence-corrected chi connectivity index (χ4v) is 3.02. The van der Waals surface area contributed by atoms with Crippen molar-refractivity contribution in [2.24, 2.45) is 0 Å². The Morgan fingerprint density at radius 3 is 2.58 bits per heavy atom. The van der Waals surface area contributed by atoms with Crippen LogP contribution < -0.4 is 10.6 Å². The highest BCUT2D eigenvalue weighted by molar-refractivity contribution is 6.06. The predicted molar refractivity (Wildman–Crippen MR) is 99.7 cm³/mol. The van der Waals surface area contributed by atoms with Crippen molar-refractivity contribution >= 4 is 17.6 Å². The number of benzene rings is 2. The summed E-state index contributed by atoms with van der Waals surface area (Å²) in [4.78, 5) is 26.6. The zero-order chi connectivity index (χ0) is 18.8. The minimum absolute atomic E-state index is 0.0241. The number of hydrogen-bond acceptors (Lipinski definition) is 3. The minimum Gasteiger partial charge on any atom is -0.508 e. The molecule has 3 N–H and O–H groups in total. The topological polar surface area (TPSA) is 81.7 Å². The van der Waals surface area contributed by atoms with Crippen LogP contribution in [-0.2, 0) is 4.79 Å². The van der Waals surface area contributed by atoms with Crippen LogP contribution in [0.1, 0.15) is 24.1 Å². The number of nitrogens with one attached hydrogen (secondary N) is 2. The summed E-state index contributed by atoms with van der Waals surface area (Å²) < 4.78 is 0. The molecule has 1 aliphatic rings. The molecule has 3 amide bonds. The Labute approximate surface area is 152 Å². The van der Waals surface area contributed by atoms with Crippen molar-refractivity contribution in [3.05, 3.63) is 70.9 Å². The molecular weight excluding hydrogens is 330 g/mol. The van der Waals surface area contributed by atoms with E-state index in [4.69, 9.17) is 0 Å². The molecular formula is C20H21N3O3. The van der Waals surface area contributed by atoms with Gasteiger partial charge in [-0.1, -0.05) is 30.3 Å². The standard InChI is InChI=1S/C20H21N3O3/c1-12-7-6-8-14(11-12)21-19(25)17-13(2)23(3)20(26)22-18(17)15-9-4-5-10-16(15)24/h4-11,18,24H,1-3H3,(H,21,25)(H,22,26). The van der Waals surface area contributed by atoms with Gasteiger partial charge in [-0.15, -0.1) is 0 Å². The maximum atomic E-state index is 13.0. The Kier molecular flexibility index (Phi) is 4.67. The number of nitrogens with zero attached hydrogens (tertiary/aromatic N) is 1. The molecule has 2 aromatic rings. The number of allylic oxidation sites excluding steroid dienone is 1. The number of aromatic hydroxyl groups is 1. The first-order valence-corrected chi connectivity index (χ1v) is 8.29. The highest BCUT2D eigenvalue weighted by Crippen LogP contribution is 2.34. The lowest BCUT2D eigenvalue weighted by atomic mass is 9.93. The van der Waals surface area contributed by atoms with Gasteiger partial charge in [0.1, 0.15) is 5.75 Å². The summed E-state index contributed by atoms with van der Waals surface area (Å²) in [6, 6.07) is 13.1. The molecule has 6 heteroatoms. The Balaban J connectivity index is 2.02. The molecule has 3 rings (SSSR count). The van der Waals surface area contributed by atoms with E-state index in [-0.39, 0.29) is 17.7 Å². The summed E-state index contributed by atoms with van der Waals surface area (Å²) in [6.07, 6.45) is 0. The molecule has 0 aromatic heterocycles. The number of para-hydroxylation sites is 1. The lowest BCUT2D eigenvalue weighted by Crippen LogP contribution is -2.46. The first kappa shape index (κ1) is 17.5. The van der Waals surface area contributed by atoms with Gasteiger partial charge in [-0.05, 0) is 37.6 Å². The molecule has 6 nitrogen and oxygen atoms in total. The SMILES string of the molecule is CC1=C(C(=O)Nc2cccc(C)c2)C(c2ccccc2O)NC(=O)N1C. The maximum Gasteiger partial charge on any atom is 0.322 e. The quantitative estimate of drug-likeness (QED) is 0.793. The van der Waals surface area contributed by atoms with Crippen molar-refractivity contribution in [2.75, 3.05) is 12.4 Å². The molecule has 0 saturated carbocycles. The van der Waals surface area contributed by atoms with Gasteiger partial charge >= 0.3 is 6.03 Å². The van der Waals surface area contributed by atoms with Crippen LogP contribution in [0.15, 0.2) is 59.8 Å². The van der Waals surface area contributed by atoms with Crippen molar-refractivity contribution in [1.82, 2.24) is 10.2 Å². The van der Waals surface area contributed by atoms with E-state index in [1.807, 2.05) is 25.1 Å². The van der Waals surface area contributed by atoms with E-state index in [1.165, 1.54) is 11.0 Å². The zero-order valence-electron chi connectivity index (χ0n) is 14.9. The molecule has 1 atom stereocenters. The molecule has 2 aromatic carbocycles. The average molecular weight is 351 g/mol. The van der Waals surface area contributed by atoms with E-state index >= 15 is 0 Å². The number of hydrogen-bond donors (Lipinski definition) is 3. The van der Waals surface area contributed by atoms with Crippen LogP contribution in [0.2, 0.25) is 0 Å². The van der Waals surface area contributed by atoms with E-state index in [0.717, 1.165) is 5.56 Å². The number of urea groups is 1. The molecule has 134 valence electrons. The fraction of sp³-hybridized carbons (Fsp3) is 0.200. The minimum atomic E-state index is -0.732. The third-order valence-corrected chi connectivity index (χ3v) is 4.52. The predicted octanol–water partition coefficient (Wildman–Crippen LogP) is 3.31. The Bertz CT molecular complexity index is 905. The molecule has 1 aliphatic heterocycles. The summed E-state index contributed by atoms with van der Waals surface area (Å²) in [5.41, 5.74) is 3.09. The Morgan fingerprint density at radius 1 is 1.15 bits per heavy atom. The first-order chi connectivity index (χ1) is 12.4. The highest BCUT2D eigenvalue weighted by atomic mass is 16.3. The van der Waals surface area contributed by atoms with Gasteiger partial charge in [-0.25, -0.2) is 4.79 Å². The van der Waals surface area contributed by atoms with E-state index in [2.05, 4.69) is 10.6 Å². The Hall–Kier alpha value is -3.28. The fourth-order valence-electron chi connectivity index (χ4n) is 3.02. The average Bonchev–Trinajstić information content (AvgIpc) is 2.59. The van der Waals surface area contributed by atoms with Crippen molar-refractivity contribution in [1.29, 1.82) is 0 Å². The molecule has 0 radical (unpaired) electrons. The van der Waals surface area contributed by atoms with Crippen molar-refractivity contribution in [3.63, 3.8) is 0 Å².